The molecule has 1 unspecified atom stereocenters. The predicted octanol–water partition coefficient (Wildman–Crippen LogP) is 1.59. The van der Waals surface area contributed by atoms with Crippen LogP contribution in [-0.4, -0.2) is 7.11 Å². The number of hydrogen-bond acceptors (Lipinski definition) is 1. The van der Waals surface area contributed by atoms with Crippen molar-refractivity contribution in [1.82, 2.24) is 0 Å². The van der Waals surface area contributed by atoms with Crippen molar-refractivity contribution in [2.24, 2.45) is 5.92 Å². The van der Waals surface area contributed by atoms with Crippen LogP contribution in [0.2, 0.25) is 0 Å². The Labute approximate surface area is 44.7 Å². The minimum absolute atomic E-state index is 0.741. The zero-order valence-electron chi connectivity index (χ0n) is 4.90. The first-order valence-corrected chi connectivity index (χ1v) is 2.74. The first kappa shape index (κ1) is 5.10. The lowest BCUT2D eigenvalue weighted by Crippen LogP contribution is -2.21. The van der Waals surface area contributed by atoms with Gasteiger partial charge in [0.15, 0.2) is 0 Å². The van der Waals surface area contributed by atoms with Crippen molar-refractivity contribution >= 4 is 0 Å². The van der Waals surface area contributed by atoms with Crippen LogP contribution in [0.15, 0.2) is 0 Å². The Kier molecular flexibility index (Phi) is 1.33. The monoisotopic (exact) mass is 99.1 g/mol. The molecule has 1 saturated carbocycles. The fourth-order valence-corrected chi connectivity index (χ4v) is 0.854. The van der Waals surface area contributed by atoms with Gasteiger partial charge in [-0.2, -0.15) is 0 Å². The summed E-state index contributed by atoms with van der Waals surface area (Å²) in [6.45, 7) is 2.20. The summed E-state index contributed by atoms with van der Waals surface area (Å²) in [5, 5.41) is 0. The van der Waals surface area contributed by atoms with Crippen molar-refractivity contribution < 1.29 is 4.74 Å². The van der Waals surface area contributed by atoms with Gasteiger partial charge in [0.25, 0.3) is 0 Å². The molecule has 41 valence electrons. The lowest BCUT2D eigenvalue weighted by molar-refractivity contribution is 0.0941. The second-order valence-corrected chi connectivity index (χ2v) is 2.11. The third-order valence-corrected chi connectivity index (χ3v) is 1.64. The van der Waals surface area contributed by atoms with E-state index in [-0.39, 0.29) is 0 Å². The fraction of sp³-hybridized carbons (Fsp3) is 0.833. The predicted molar refractivity (Wildman–Crippen MR) is 28.6 cm³/mol. The van der Waals surface area contributed by atoms with Gasteiger partial charge >= 0.3 is 0 Å². The normalized spacial score (nSPS) is 32.6. The van der Waals surface area contributed by atoms with E-state index in [1.54, 1.807) is 7.11 Å². The molecule has 1 atom stereocenters. The Bertz CT molecular complexity index is 59.2. The largest absolute Gasteiger partial charge is 0.375 e. The maximum Gasteiger partial charge on any atom is 0.0994 e. The summed E-state index contributed by atoms with van der Waals surface area (Å²) < 4.78 is 5.02. The van der Waals surface area contributed by atoms with Gasteiger partial charge < -0.3 is 4.74 Å². The van der Waals surface area contributed by atoms with Gasteiger partial charge in [-0.25, -0.2) is 0 Å². The topological polar surface area (TPSA) is 9.23 Å². The smallest absolute Gasteiger partial charge is 0.0994 e. The molecule has 0 heterocycles. The molecular weight excluding hydrogens is 88.1 g/mol. The van der Waals surface area contributed by atoms with E-state index < -0.39 is 0 Å². The number of rotatable bonds is 1. The van der Waals surface area contributed by atoms with Crippen LogP contribution in [0.1, 0.15) is 19.8 Å². The minimum atomic E-state index is 0.741. The highest BCUT2D eigenvalue weighted by molar-refractivity contribution is 4.94. The first-order valence-electron chi connectivity index (χ1n) is 2.74. The molecule has 0 amide bonds. The third kappa shape index (κ3) is 0.778. The van der Waals surface area contributed by atoms with Gasteiger partial charge in [-0.3, -0.25) is 0 Å². The minimum Gasteiger partial charge on any atom is -0.375 e. The molecule has 1 nitrogen and oxygen atoms in total. The summed E-state index contributed by atoms with van der Waals surface area (Å²) in [7, 11) is 1.75. The Morgan fingerprint density at radius 3 is 2.43 bits per heavy atom. The highest BCUT2D eigenvalue weighted by Crippen LogP contribution is 2.35. The van der Waals surface area contributed by atoms with E-state index in [1.165, 1.54) is 18.9 Å². The summed E-state index contributed by atoms with van der Waals surface area (Å²) in [5.41, 5.74) is 0. The molecule has 1 rings (SSSR count). The highest BCUT2D eigenvalue weighted by Gasteiger charge is 2.26. The van der Waals surface area contributed by atoms with Gasteiger partial charge in [0, 0.05) is 7.11 Å². The zero-order chi connectivity index (χ0) is 5.28. The number of methoxy groups -OCH3 is 1. The first-order chi connectivity index (χ1) is 3.34. The van der Waals surface area contributed by atoms with E-state index in [1.807, 2.05) is 0 Å². The highest BCUT2D eigenvalue weighted by atomic mass is 16.5. The van der Waals surface area contributed by atoms with Crippen molar-refractivity contribution in [2.75, 3.05) is 7.11 Å². The average molecular weight is 99.2 g/mol. The molecule has 0 N–H and O–H groups in total. The van der Waals surface area contributed by atoms with Crippen LogP contribution in [0.5, 0.6) is 0 Å². The van der Waals surface area contributed by atoms with Gasteiger partial charge in [0.1, 0.15) is 0 Å². The second kappa shape index (κ2) is 1.83. The standard InChI is InChI=1S/C6H11O/c1-5-3-4-6(5)7-2/h5H,3-4H2,1-2H3. The van der Waals surface area contributed by atoms with E-state index in [0.717, 1.165) is 5.92 Å². The van der Waals surface area contributed by atoms with Crippen molar-refractivity contribution in [3.63, 3.8) is 0 Å². The molecule has 0 aromatic carbocycles. The van der Waals surface area contributed by atoms with Crippen LogP contribution in [0.4, 0.5) is 0 Å². The van der Waals surface area contributed by atoms with Crippen LogP contribution < -0.4 is 0 Å². The third-order valence-electron chi connectivity index (χ3n) is 1.64. The van der Waals surface area contributed by atoms with Crippen molar-refractivity contribution in [3.05, 3.63) is 6.10 Å². The average Bonchev–Trinajstić information content (AvgIpc) is 1.65. The van der Waals surface area contributed by atoms with E-state index >= 15 is 0 Å². The van der Waals surface area contributed by atoms with Crippen LogP contribution in [0.3, 0.4) is 0 Å². The lowest BCUT2D eigenvalue weighted by Gasteiger charge is -2.30. The van der Waals surface area contributed by atoms with E-state index in [9.17, 15) is 0 Å². The molecular formula is C6H11O. The Morgan fingerprint density at radius 1 is 1.71 bits per heavy atom. The lowest BCUT2D eigenvalue weighted by atomic mass is 9.84. The molecule has 1 aliphatic carbocycles. The van der Waals surface area contributed by atoms with Crippen LogP contribution in [0, 0.1) is 12.0 Å². The van der Waals surface area contributed by atoms with E-state index in [2.05, 4.69) is 6.92 Å². The molecule has 1 heteroatoms. The van der Waals surface area contributed by atoms with Gasteiger partial charge in [-0.15, -0.1) is 0 Å². The van der Waals surface area contributed by atoms with Crippen molar-refractivity contribution in [1.29, 1.82) is 0 Å². The maximum atomic E-state index is 5.02. The Morgan fingerprint density at radius 2 is 2.43 bits per heavy atom. The molecule has 0 aliphatic heterocycles. The van der Waals surface area contributed by atoms with Gasteiger partial charge in [-0.1, -0.05) is 6.92 Å². The summed E-state index contributed by atoms with van der Waals surface area (Å²) in [4.78, 5) is 0. The summed E-state index contributed by atoms with van der Waals surface area (Å²) in [6.07, 6.45) is 3.79. The van der Waals surface area contributed by atoms with Gasteiger partial charge in [0.05, 0.1) is 6.10 Å². The molecule has 1 aliphatic rings. The Balaban J connectivity index is 2.16. The second-order valence-electron chi connectivity index (χ2n) is 2.11. The van der Waals surface area contributed by atoms with Gasteiger partial charge in [-0.05, 0) is 18.8 Å². The molecule has 7 heavy (non-hydrogen) atoms. The van der Waals surface area contributed by atoms with Crippen LogP contribution >= 0.6 is 0 Å². The molecule has 0 spiro atoms. The maximum absolute atomic E-state index is 5.02. The summed E-state index contributed by atoms with van der Waals surface area (Å²) in [5.74, 6) is 0.741. The molecule has 0 aromatic rings. The molecule has 0 aromatic heterocycles. The fourth-order valence-electron chi connectivity index (χ4n) is 0.854. The van der Waals surface area contributed by atoms with E-state index in [4.69, 9.17) is 4.74 Å². The summed E-state index contributed by atoms with van der Waals surface area (Å²) in [6, 6.07) is 0. The molecule has 1 radical (unpaired) electrons. The molecule has 0 bridgehead atoms. The SMILES string of the molecule is CO[C]1CCC1C. The Hall–Kier alpha value is -0.0400. The summed E-state index contributed by atoms with van der Waals surface area (Å²) >= 11 is 0. The quantitative estimate of drug-likeness (QED) is 0.485. The number of hydrogen-bond donors (Lipinski definition) is 0. The zero-order valence-corrected chi connectivity index (χ0v) is 4.90. The van der Waals surface area contributed by atoms with Crippen molar-refractivity contribution in [3.8, 4) is 0 Å². The van der Waals surface area contributed by atoms with E-state index in [0.29, 0.717) is 0 Å². The van der Waals surface area contributed by atoms with Gasteiger partial charge in [0.2, 0.25) is 0 Å². The van der Waals surface area contributed by atoms with Crippen molar-refractivity contribution in [2.45, 2.75) is 19.8 Å². The molecule has 0 saturated heterocycles. The number of ether oxygens (including phenoxy) is 1. The van der Waals surface area contributed by atoms with Crippen LogP contribution in [0.25, 0.3) is 0 Å². The molecule has 1 fully saturated rings. The van der Waals surface area contributed by atoms with Crippen LogP contribution in [-0.2, 0) is 4.74 Å².